The van der Waals surface area contributed by atoms with Crippen molar-refractivity contribution < 1.29 is 33.2 Å². The number of rotatable bonds is 16. The summed E-state index contributed by atoms with van der Waals surface area (Å²) in [6, 6.07) is 43.2. The van der Waals surface area contributed by atoms with Crippen molar-refractivity contribution in [2.24, 2.45) is 0 Å². The lowest BCUT2D eigenvalue weighted by atomic mass is 10.0. The molecule has 7 nitrogen and oxygen atoms in total. The predicted octanol–water partition coefficient (Wildman–Crippen LogP) is 10.4. The summed E-state index contributed by atoms with van der Waals surface area (Å²) in [5.74, 6) is 6.74. The van der Waals surface area contributed by atoms with Crippen LogP contribution in [0.4, 0.5) is 0 Å². The molecule has 0 unspecified atom stereocenters. The maximum atomic E-state index is 6.54. The number of methoxy groups -OCH3 is 3. The van der Waals surface area contributed by atoms with Gasteiger partial charge in [0.05, 0.1) is 21.3 Å². The van der Waals surface area contributed by atoms with E-state index in [1.807, 2.05) is 66.7 Å². The second-order valence-corrected chi connectivity index (χ2v) is 13.0. The zero-order valence-corrected chi connectivity index (χ0v) is 30.4. The van der Waals surface area contributed by atoms with Crippen molar-refractivity contribution in [3.05, 3.63) is 161 Å². The van der Waals surface area contributed by atoms with E-state index in [2.05, 4.69) is 60.7 Å². The summed E-state index contributed by atoms with van der Waals surface area (Å²) in [5.41, 5.74) is 7.02. The van der Waals surface area contributed by atoms with Crippen molar-refractivity contribution in [2.75, 3.05) is 28.1 Å². The highest BCUT2D eigenvalue weighted by molar-refractivity contribution is 5.55. The van der Waals surface area contributed by atoms with Gasteiger partial charge in [-0.3, -0.25) is 0 Å². The third kappa shape index (κ3) is 9.43. The number of benzene rings is 6. The van der Waals surface area contributed by atoms with Gasteiger partial charge >= 0.3 is 0 Å². The van der Waals surface area contributed by atoms with Gasteiger partial charge in [0.2, 0.25) is 12.5 Å². The molecule has 0 saturated heterocycles. The number of ether oxygens (including phenoxy) is 7. The topological polar surface area (TPSA) is 64.6 Å². The average Bonchev–Trinajstić information content (AvgIpc) is 3.68. The van der Waals surface area contributed by atoms with Crippen LogP contribution in [-0.2, 0) is 38.5 Å². The minimum Gasteiger partial charge on any atom is -0.497 e. The molecule has 270 valence electrons. The van der Waals surface area contributed by atoms with Crippen LogP contribution in [0.25, 0.3) is 0 Å². The van der Waals surface area contributed by atoms with Crippen molar-refractivity contribution in [2.45, 2.75) is 38.5 Å². The fourth-order valence-electron chi connectivity index (χ4n) is 6.54. The first kappa shape index (κ1) is 35.3. The molecule has 0 bridgehead atoms. The Morgan fingerprint density at radius 3 is 1.28 bits per heavy atom. The van der Waals surface area contributed by atoms with E-state index in [-0.39, 0.29) is 6.79 Å². The van der Waals surface area contributed by atoms with Gasteiger partial charge in [-0.25, -0.2) is 0 Å². The molecule has 1 heterocycles. The van der Waals surface area contributed by atoms with Gasteiger partial charge in [0.15, 0.2) is 11.5 Å². The zero-order valence-electron chi connectivity index (χ0n) is 30.4. The summed E-state index contributed by atoms with van der Waals surface area (Å²) in [6.45, 7) is 0.194. The first-order valence-corrected chi connectivity index (χ1v) is 17.9. The van der Waals surface area contributed by atoms with Gasteiger partial charge in [0.1, 0.15) is 34.5 Å². The molecule has 7 rings (SSSR count). The monoisotopic (exact) mass is 708 g/mol. The number of hydrogen-bond acceptors (Lipinski definition) is 7. The highest BCUT2D eigenvalue weighted by Gasteiger charge is 2.20. The molecular formula is C46H44O7. The van der Waals surface area contributed by atoms with Gasteiger partial charge < -0.3 is 33.2 Å². The molecule has 0 spiro atoms. The normalized spacial score (nSPS) is 11.6. The highest BCUT2D eigenvalue weighted by atomic mass is 16.7. The maximum Gasteiger partial charge on any atom is 0.231 e. The van der Waals surface area contributed by atoms with Crippen LogP contribution in [-0.4, -0.2) is 28.1 Å². The number of hydrogen-bond donors (Lipinski definition) is 0. The Hall–Kier alpha value is -6.08. The Labute approximate surface area is 311 Å². The molecule has 0 fully saturated rings. The molecule has 0 aromatic heterocycles. The Morgan fingerprint density at radius 1 is 0.396 bits per heavy atom. The molecular weight excluding hydrogens is 664 g/mol. The average molecular weight is 709 g/mol. The van der Waals surface area contributed by atoms with Crippen LogP contribution in [0.2, 0.25) is 0 Å². The van der Waals surface area contributed by atoms with Crippen LogP contribution < -0.4 is 33.2 Å². The van der Waals surface area contributed by atoms with E-state index in [0.717, 1.165) is 72.6 Å². The van der Waals surface area contributed by atoms with E-state index in [9.17, 15) is 0 Å². The largest absolute Gasteiger partial charge is 0.497 e. The van der Waals surface area contributed by atoms with Crippen LogP contribution in [0.5, 0.6) is 51.7 Å². The van der Waals surface area contributed by atoms with E-state index in [0.29, 0.717) is 28.7 Å². The lowest BCUT2D eigenvalue weighted by Gasteiger charge is -2.14. The molecule has 0 aliphatic carbocycles. The van der Waals surface area contributed by atoms with Crippen molar-refractivity contribution in [1.29, 1.82) is 0 Å². The van der Waals surface area contributed by atoms with E-state index >= 15 is 0 Å². The minimum atomic E-state index is 0.194. The van der Waals surface area contributed by atoms with E-state index < -0.39 is 0 Å². The van der Waals surface area contributed by atoms with Gasteiger partial charge in [-0.2, -0.15) is 0 Å². The summed E-state index contributed by atoms with van der Waals surface area (Å²) >= 11 is 0. The molecule has 0 N–H and O–H groups in total. The van der Waals surface area contributed by atoms with Crippen molar-refractivity contribution in [3.63, 3.8) is 0 Å². The molecule has 0 radical (unpaired) electrons. The van der Waals surface area contributed by atoms with Crippen LogP contribution in [0.15, 0.2) is 127 Å². The van der Waals surface area contributed by atoms with Gasteiger partial charge in [-0.1, -0.05) is 48.5 Å². The lowest BCUT2D eigenvalue weighted by Crippen LogP contribution is -1.97. The molecule has 6 aromatic rings. The van der Waals surface area contributed by atoms with Gasteiger partial charge in [0.25, 0.3) is 0 Å². The Balaban J connectivity index is 1.10. The van der Waals surface area contributed by atoms with Crippen LogP contribution >= 0.6 is 0 Å². The third-order valence-corrected chi connectivity index (χ3v) is 9.30. The minimum absolute atomic E-state index is 0.194. The van der Waals surface area contributed by atoms with Gasteiger partial charge in [0, 0.05) is 6.07 Å². The van der Waals surface area contributed by atoms with E-state index in [4.69, 9.17) is 33.2 Å². The fraction of sp³-hybridized carbons (Fsp3) is 0.217. The fourth-order valence-corrected chi connectivity index (χ4v) is 6.54. The highest BCUT2D eigenvalue weighted by Crippen LogP contribution is 2.42. The van der Waals surface area contributed by atoms with Gasteiger partial charge in [-0.05, 0) is 145 Å². The first-order valence-electron chi connectivity index (χ1n) is 17.9. The Morgan fingerprint density at radius 2 is 0.811 bits per heavy atom. The van der Waals surface area contributed by atoms with E-state index in [1.54, 1.807) is 21.3 Å². The van der Waals surface area contributed by atoms with Crippen LogP contribution in [0.3, 0.4) is 0 Å². The van der Waals surface area contributed by atoms with Crippen LogP contribution in [0.1, 0.15) is 33.4 Å². The second-order valence-electron chi connectivity index (χ2n) is 13.0. The number of aryl methyl sites for hydroxylation is 6. The molecule has 0 amide bonds. The second kappa shape index (κ2) is 17.0. The lowest BCUT2D eigenvalue weighted by molar-refractivity contribution is 0.171. The smallest absolute Gasteiger partial charge is 0.231 e. The summed E-state index contributed by atoms with van der Waals surface area (Å²) in [4.78, 5) is 0. The van der Waals surface area contributed by atoms with E-state index in [1.165, 1.54) is 22.3 Å². The first-order chi connectivity index (χ1) is 26.0. The van der Waals surface area contributed by atoms with Crippen molar-refractivity contribution in [1.82, 2.24) is 0 Å². The molecule has 0 saturated carbocycles. The quantitative estimate of drug-likeness (QED) is 0.0992. The predicted molar refractivity (Wildman–Crippen MR) is 207 cm³/mol. The van der Waals surface area contributed by atoms with Gasteiger partial charge in [-0.15, -0.1) is 0 Å². The summed E-state index contributed by atoms with van der Waals surface area (Å²) in [7, 11) is 5.04. The maximum absolute atomic E-state index is 6.54. The van der Waals surface area contributed by atoms with Crippen molar-refractivity contribution in [3.8, 4) is 51.7 Å². The van der Waals surface area contributed by atoms with Crippen LogP contribution in [0, 0.1) is 0 Å². The standard InChI is InChI=1S/C46H44O7/c1-47-38-12-4-8-32(22-38)16-18-34-10-6-14-40(24-34)52-42-26-36(20-21-37-28-44(49-3)46-45(29-37)50-31-51-46)27-43(30-42)53-41-15-7-11-35(25-41)19-17-33-9-5-13-39(23-33)48-2/h4-15,22-30H,16-21,31H2,1-3H3. The molecule has 1 aliphatic heterocycles. The summed E-state index contributed by atoms with van der Waals surface area (Å²) in [6.07, 6.45) is 5.07. The Bertz CT molecular complexity index is 2040. The SMILES string of the molecule is COc1cccc(CCc2cccc(Oc3cc(CCc4cc(OC)c5c(c4)OCO5)cc(Oc4cccc(CCc5cccc(OC)c5)c4)c3)c2)c1. The molecule has 0 atom stereocenters. The molecule has 53 heavy (non-hydrogen) atoms. The van der Waals surface area contributed by atoms with Crippen molar-refractivity contribution >= 4 is 0 Å². The summed E-state index contributed by atoms with van der Waals surface area (Å²) in [5, 5.41) is 0. The summed E-state index contributed by atoms with van der Waals surface area (Å²) < 4.78 is 40.8. The Kier molecular flexibility index (Phi) is 11.3. The molecule has 7 heteroatoms. The molecule has 1 aliphatic rings. The third-order valence-electron chi connectivity index (χ3n) is 9.30. The number of fused-ring (bicyclic) bond motifs is 1. The molecule has 6 aromatic carbocycles. The zero-order chi connectivity index (χ0) is 36.4.